The van der Waals surface area contributed by atoms with Gasteiger partial charge in [-0.3, -0.25) is 4.79 Å². The lowest BCUT2D eigenvalue weighted by atomic mass is 10.1. The average Bonchev–Trinajstić information content (AvgIpc) is 2.60. The number of carbonyl (C=O) groups is 2. The fourth-order valence-electron chi connectivity index (χ4n) is 2.18. The number of methoxy groups -OCH3 is 2. The van der Waals surface area contributed by atoms with Gasteiger partial charge in [-0.25, -0.2) is 4.79 Å². The lowest BCUT2D eigenvalue weighted by Crippen LogP contribution is -2.39. The summed E-state index contributed by atoms with van der Waals surface area (Å²) in [4.78, 5) is 23.3. The second-order valence-corrected chi connectivity index (χ2v) is 5.07. The summed E-state index contributed by atoms with van der Waals surface area (Å²) in [6.45, 7) is -0.0605. The molecule has 3 N–H and O–H groups in total. The van der Waals surface area contributed by atoms with Gasteiger partial charge in [0.05, 0.1) is 13.7 Å². The summed E-state index contributed by atoms with van der Waals surface area (Å²) in [5.74, 6) is -0.289. The first-order valence-corrected chi connectivity index (χ1v) is 7.33. The van der Waals surface area contributed by atoms with Crippen LogP contribution in [0.15, 0.2) is 36.4 Å². The molecule has 0 heterocycles. The SMILES string of the molecule is COCC(N)C(=O)Nc1ccc(OCC(=O)OC)c2ccccc12. The lowest BCUT2D eigenvalue weighted by Gasteiger charge is -2.15. The van der Waals surface area contributed by atoms with Crippen molar-refractivity contribution in [3.63, 3.8) is 0 Å². The number of fused-ring (bicyclic) bond motifs is 1. The Kier molecular flexibility index (Phi) is 6.11. The standard InChI is InChI=1S/C17H20N2O5/c1-22-9-13(18)17(21)19-14-7-8-15(24-10-16(20)23-2)12-6-4-3-5-11(12)14/h3-8,13H,9-10,18H2,1-2H3,(H,19,21). The molecular formula is C17H20N2O5. The van der Waals surface area contributed by atoms with Gasteiger partial charge in [0.25, 0.3) is 0 Å². The molecule has 128 valence electrons. The van der Waals surface area contributed by atoms with E-state index in [1.807, 2.05) is 24.3 Å². The molecule has 7 nitrogen and oxygen atoms in total. The van der Waals surface area contributed by atoms with Crippen LogP contribution in [-0.4, -0.2) is 45.4 Å². The Bertz CT molecular complexity index is 732. The van der Waals surface area contributed by atoms with Gasteiger partial charge >= 0.3 is 5.97 Å². The molecule has 7 heteroatoms. The van der Waals surface area contributed by atoms with Gasteiger partial charge in [0.1, 0.15) is 11.8 Å². The first-order chi connectivity index (χ1) is 11.6. The number of nitrogens with one attached hydrogen (secondary N) is 1. The number of hydrogen-bond acceptors (Lipinski definition) is 6. The number of anilines is 1. The first kappa shape index (κ1) is 17.7. The van der Waals surface area contributed by atoms with Crippen molar-refractivity contribution in [3.05, 3.63) is 36.4 Å². The zero-order valence-corrected chi connectivity index (χ0v) is 13.6. The number of hydrogen-bond donors (Lipinski definition) is 2. The largest absolute Gasteiger partial charge is 0.481 e. The highest BCUT2D eigenvalue weighted by molar-refractivity contribution is 6.05. The zero-order valence-electron chi connectivity index (χ0n) is 13.6. The van der Waals surface area contributed by atoms with Crippen LogP contribution in [0.25, 0.3) is 10.8 Å². The number of amides is 1. The van der Waals surface area contributed by atoms with Crippen LogP contribution in [0.1, 0.15) is 0 Å². The van der Waals surface area contributed by atoms with Crippen LogP contribution in [0.3, 0.4) is 0 Å². The van der Waals surface area contributed by atoms with E-state index in [0.717, 1.165) is 10.8 Å². The predicted octanol–water partition coefficient (Wildman–Crippen LogP) is 1.30. The third-order valence-electron chi connectivity index (χ3n) is 3.40. The average molecular weight is 332 g/mol. The van der Waals surface area contributed by atoms with Gasteiger partial charge < -0.3 is 25.3 Å². The van der Waals surface area contributed by atoms with Crippen molar-refractivity contribution in [1.29, 1.82) is 0 Å². The summed E-state index contributed by atoms with van der Waals surface area (Å²) in [5.41, 5.74) is 6.34. The van der Waals surface area contributed by atoms with Gasteiger partial charge in [-0.2, -0.15) is 0 Å². The number of rotatable bonds is 7. The molecule has 0 aliphatic heterocycles. The fraction of sp³-hybridized carbons (Fsp3) is 0.294. The van der Waals surface area contributed by atoms with E-state index < -0.39 is 12.0 Å². The monoisotopic (exact) mass is 332 g/mol. The summed E-state index contributed by atoms with van der Waals surface area (Å²) < 4.78 is 14.9. The van der Waals surface area contributed by atoms with Crippen molar-refractivity contribution < 1.29 is 23.8 Å². The Balaban J connectivity index is 2.27. The summed E-state index contributed by atoms with van der Waals surface area (Å²) in [6.07, 6.45) is 0. The molecule has 0 saturated carbocycles. The zero-order chi connectivity index (χ0) is 17.5. The number of benzene rings is 2. The molecule has 0 saturated heterocycles. The summed E-state index contributed by atoms with van der Waals surface area (Å²) in [7, 11) is 2.78. The predicted molar refractivity (Wildman–Crippen MR) is 89.9 cm³/mol. The number of nitrogens with two attached hydrogens (primary N) is 1. The minimum absolute atomic E-state index is 0.129. The number of carbonyl (C=O) groups excluding carboxylic acids is 2. The molecule has 1 unspecified atom stereocenters. The van der Waals surface area contributed by atoms with Gasteiger partial charge in [0.2, 0.25) is 5.91 Å². The summed E-state index contributed by atoms with van der Waals surface area (Å²) in [6, 6.07) is 10.00. The van der Waals surface area contributed by atoms with Crippen LogP contribution < -0.4 is 15.8 Å². The second kappa shape index (κ2) is 8.28. The molecule has 0 aliphatic rings. The second-order valence-electron chi connectivity index (χ2n) is 5.07. The molecule has 2 aromatic carbocycles. The molecule has 0 spiro atoms. The van der Waals surface area contributed by atoms with Crippen LogP contribution in [0.4, 0.5) is 5.69 Å². The van der Waals surface area contributed by atoms with Crippen LogP contribution >= 0.6 is 0 Å². The minimum atomic E-state index is -0.760. The van der Waals surface area contributed by atoms with E-state index in [0.29, 0.717) is 11.4 Å². The van der Waals surface area contributed by atoms with Gasteiger partial charge in [0, 0.05) is 23.6 Å². The van der Waals surface area contributed by atoms with Crippen molar-refractivity contribution in [2.45, 2.75) is 6.04 Å². The summed E-state index contributed by atoms with van der Waals surface area (Å²) >= 11 is 0. The molecule has 0 radical (unpaired) electrons. The Morgan fingerprint density at radius 3 is 2.50 bits per heavy atom. The first-order valence-electron chi connectivity index (χ1n) is 7.33. The van der Waals surface area contributed by atoms with Crippen LogP contribution in [0.5, 0.6) is 5.75 Å². The van der Waals surface area contributed by atoms with Gasteiger partial charge in [-0.05, 0) is 12.1 Å². The van der Waals surface area contributed by atoms with Gasteiger partial charge in [-0.1, -0.05) is 24.3 Å². The lowest BCUT2D eigenvalue weighted by molar-refractivity contribution is -0.142. The van der Waals surface area contributed by atoms with Crippen LogP contribution in [0, 0.1) is 0 Å². The molecule has 0 aliphatic carbocycles. The molecular weight excluding hydrogens is 312 g/mol. The van der Waals surface area contributed by atoms with Crippen molar-refractivity contribution >= 4 is 28.3 Å². The molecule has 1 atom stereocenters. The van der Waals surface area contributed by atoms with Crippen molar-refractivity contribution in [2.24, 2.45) is 5.73 Å². The third kappa shape index (κ3) is 4.21. The molecule has 24 heavy (non-hydrogen) atoms. The van der Waals surface area contributed by atoms with E-state index in [1.54, 1.807) is 12.1 Å². The van der Waals surface area contributed by atoms with Crippen LogP contribution in [-0.2, 0) is 19.1 Å². The van der Waals surface area contributed by atoms with E-state index in [1.165, 1.54) is 14.2 Å². The van der Waals surface area contributed by atoms with E-state index >= 15 is 0 Å². The molecule has 0 fully saturated rings. The maximum atomic E-state index is 12.1. The highest BCUT2D eigenvalue weighted by Crippen LogP contribution is 2.31. The summed E-state index contributed by atoms with van der Waals surface area (Å²) in [5, 5.41) is 4.32. The van der Waals surface area contributed by atoms with E-state index in [4.69, 9.17) is 15.2 Å². The van der Waals surface area contributed by atoms with Crippen molar-refractivity contribution in [1.82, 2.24) is 0 Å². The van der Waals surface area contributed by atoms with Crippen molar-refractivity contribution in [2.75, 3.05) is 32.8 Å². The Hall–Kier alpha value is -2.64. The smallest absolute Gasteiger partial charge is 0.343 e. The fourth-order valence-corrected chi connectivity index (χ4v) is 2.18. The van der Waals surface area contributed by atoms with E-state index in [9.17, 15) is 9.59 Å². The highest BCUT2D eigenvalue weighted by atomic mass is 16.6. The maximum Gasteiger partial charge on any atom is 0.343 e. The maximum absolute atomic E-state index is 12.1. The molecule has 0 aromatic heterocycles. The molecule has 2 rings (SSSR count). The number of ether oxygens (including phenoxy) is 3. The van der Waals surface area contributed by atoms with Crippen molar-refractivity contribution in [3.8, 4) is 5.75 Å². The van der Waals surface area contributed by atoms with E-state index in [2.05, 4.69) is 10.1 Å². The van der Waals surface area contributed by atoms with Crippen LogP contribution in [0.2, 0.25) is 0 Å². The topological polar surface area (TPSA) is 99.9 Å². The quantitative estimate of drug-likeness (QED) is 0.742. The molecule has 1 amide bonds. The molecule has 0 bridgehead atoms. The Labute approximate surface area is 139 Å². The number of esters is 1. The van der Waals surface area contributed by atoms with E-state index in [-0.39, 0.29) is 19.1 Å². The third-order valence-corrected chi connectivity index (χ3v) is 3.40. The normalized spacial score (nSPS) is 11.8. The minimum Gasteiger partial charge on any atom is -0.481 e. The highest BCUT2D eigenvalue weighted by Gasteiger charge is 2.15. The molecule has 2 aromatic rings. The Morgan fingerprint density at radius 2 is 1.83 bits per heavy atom. The van der Waals surface area contributed by atoms with Gasteiger partial charge in [-0.15, -0.1) is 0 Å². The van der Waals surface area contributed by atoms with Gasteiger partial charge in [0.15, 0.2) is 6.61 Å². The Morgan fingerprint density at radius 1 is 1.12 bits per heavy atom.